The molecule has 1 amide bonds. The van der Waals surface area contributed by atoms with Gasteiger partial charge in [0.25, 0.3) is 0 Å². The van der Waals surface area contributed by atoms with Gasteiger partial charge < -0.3 is 14.7 Å². The second-order valence-electron chi connectivity index (χ2n) is 7.60. The van der Waals surface area contributed by atoms with Crippen LogP contribution in [0.2, 0.25) is 0 Å². The third-order valence-electron chi connectivity index (χ3n) is 5.47. The minimum atomic E-state index is -0.971. The molecule has 1 aromatic rings. The molecule has 0 unspecified atom stereocenters. The number of carbonyl (C=O) groups is 2. The van der Waals surface area contributed by atoms with Crippen LogP contribution in [0.1, 0.15) is 56.0 Å². The second kappa shape index (κ2) is 6.11. The lowest BCUT2D eigenvalue weighted by Crippen LogP contribution is -2.52. The minimum absolute atomic E-state index is 0.00407. The van der Waals surface area contributed by atoms with Crippen LogP contribution in [0.25, 0.3) is 0 Å². The van der Waals surface area contributed by atoms with Crippen molar-refractivity contribution in [3.63, 3.8) is 0 Å². The van der Waals surface area contributed by atoms with Crippen molar-refractivity contribution in [2.75, 3.05) is 6.61 Å². The molecule has 24 heavy (non-hydrogen) atoms. The molecule has 3 rings (SSSR count). The summed E-state index contributed by atoms with van der Waals surface area (Å²) >= 11 is 0. The molecule has 1 heterocycles. The van der Waals surface area contributed by atoms with Gasteiger partial charge in [0.1, 0.15) is 12.4 Å². The van der Waals surface area contributed by atoms with E-state index in [0.717, 1.165) is 24.8 Å². The van der Waals surface area contributed by atoms with Crippen molar-refractivity contribution in [3.8, 4) is 5.75 Å². The topological polar surface area (TPSA) is 66.8 Å². The number of hydrogen-bond acceptors (Lipinski definition) is 3. The van der Waals surface area contributed by atoms with Gasteiger partial charge in [-0.05, 0) is 30.9 Å². The maximum absolute atomic E-state index is 13.1. The highest BCUT2D eigenvalue weighted by atomic mass is 16.5. The van der Waals surface area contributed by atoms with Gasteiger partial charge in [0.15, 0.2) is 0 Å². The van der Waals surface area contributed by atoms with Gasteiger partial charge >= 0.3 is 5.97 Å². The Labute approximate surface area is 142 Å². The summed E-state index contributed by atoms with van der Waals surface area (Å²) in [5, 5.41) is 9.16. The number of nitrogens with zero attached hydrogens (tertiary/aromatic N) is 1. The number of carboxylic acid groups (broad SMARTS) is 1. The molecule has 2 aliphatic rings. The Hall–Kier alpha value is -2.04. The standard InChI is InChI=1S/C19H25NO4/c1-12(2)15-11-24-16-9-13(17(21)22)5-6-14(16)10-20(15)18(23)19(3)7-4-8-19/h5-6,9,12,15H,4,7-8,10-11H2,1-3H3,(H,21,22)/t15-/m0/s1. The molecule has 0 radical (unpaired) electrons. The van der Waals surface area contributed by atoms with E-state index >= 15 is 0 Å². The van der Waals surface area contributed by atoms with Crippen molar-refractivity contribution in [2.24, 2.45) is 11.3 Å². The first kappa shape index (κ1) is 16.8. The van der Waals surface area contributed by atoms with Crippen LogP contribution >= 0.6 is 0 Å². The zero-order valence-electron chi connectivity index (χ0n) is 14.5. The average Bonchev–Trinajstić information content (AvgIpc) is 2.70. The fraction of sp³-hybridized carbons (Fsp3) is 0.579. The SMILES string of the molecule is CC(C)[C@@H]1COc2cc(C(=O)O)ccc2CN1C(=O)C1(C)CCC1. The highest BCUT2D eigenvalue weighted by Gasteiger charge is 2.44. The third-order valence-corrected chi connectivity index (χ3v) is 5.47. The summed E-state index contributed by atoms with van der Waals surface area (Å²) in [6.45, 7) is 7.12. The lowest BCUT2D eigenvalue weighted by atomic mass is 9.69. The van der Waals surface area contributed by atoms with Crippen LogP contribution in [0.15, 0.2) is 18.2 Å². The van der Waals surface area contributed by atoms with Gasteiger partial charge in [-0.3, -0.25) is 4.79 Å². The van der Waals surface area contributed by atoms with E-state index in [1.54, 1.807) is 18.2 Å². The zero-order chi connectivity index (χ0) is 17.5. The summed E-state index contributed by atoms with van der Waals surface area (Å²) in [4.78, 5) is 26.3. The van der Waals surface area contributed by atoms with Gasteiger partial charge in [0.2, 0.25) is 5.91 Å². The highest BCUT2D eigenvalue weighted by molar-refractivity contribution is 5.88. The molecule has 1 aliphatic carbocycles. The van der Waals surface area contributed by atoms with E-state index in [1.165, 1.54) is 0 Å². The Morgan fingerprint density at radius 2 is 2.04 bits per heavy atom. The molecule has 1 aliphatic heterocycles. The van der Waals surface area contributed by atoms with Crippen LogP contribution in [-0.4, -0.2) is 34.5 Å². The number of amides is 1. The maximum atomic E-state index is 13.1. The first-order chi connectivity index (χ1) is 11.3. The molecule has 0 spiro atoms. The Balaban J connectivity index is 1.94. The van der Waals surface area contributed by atoms with Crippen LogP contribution < -0.4 is 4.74 Å². The molecule has 1 saturated carbocycles. The molecule has 0 saturated heterocycles. The summed E-state index contributed by atoms with van der Waals surface area (Å²) in [7, 11) is 0. The monoisotopic (exact) mass is 331 g/mol. The van der Waals surface area contributed by atoms with Crippen molar-refractivity contribution in [1.82, 2.24) is 4.90 Å². The van der Waals surface area contributed by atoms with Crippen molar-refractivity contribution in [3.05, 3.63) is 29.3 Å². The molecular formula is C19H25NO4. The Bertz CT molecular complexity index is 663. The number of fused-ring (bicyclic) bond motifs is 1. The summed E-state index contributed by atoms with van der Waals surface area (Å²) in [5.74, 6) is 0.0766. The first-order valence-corrected chi connectivity index (χ1v) is 8.62. The predicted molar refractivity (Wildman–Crippen MR) is 90.0 cm³/mol. The van der Waals surface area contributed by atoms with E-state index < -0.39 is 5.97 Å². The molecule has 5 heteroatoms. The number of ether oxygens (including phenoxy) is 1. The van der Waals surface area contributed by atoms with Gasteiger partial charge in [0, 0.05) is 17.5 Å². The summed E-state index contributed by atoms with van der Waals surface area (Å²) in [6.07, 6.45) is 3.00. The predicted octanol–water partition coefficient (Wildman–Crippen LogP) is 3.32. The van der Waals surface area contributed by atoms with E-state index in [2.05, 4.69) is 20.8 Å². The summed E-state index contributed by atoms with van der Waals surface area (Å²) in [5.41, 5.74) is 0.832. The number of hydrogen-bond donors (Lipinski definition) is 1. The fourth-order valence-corrected chi connectivity index (χ4v) is 3.56. The number of carboxylic acids is 1. The largest absolute Gasteiger partial charge is 0.491 e. The van der Waals surface area contributed by atoms with Crippen molar-refractivity contribution < 1.29 is 19.4 Å². The van der Waals surface area contributed by atoms with E-state index in [4.69, 9.17) is 9.84 Å². The smallest absolute Gasteiger partial charge is 0.335 e. The van der Waals surface area contributed by atoms with Crippen molar-refractivity contribution in [2.45, 2.75) is 52.6 Å². The Kier molecular flexibility index (Phi) is 4.28. The number of carbonyl (C=O) groups excluding carboxylic acids is 1. The zero-order valence-corrected chi connectivity index (χ0v) is 14.5. The molecule has 1 N–H and O–H groups in total. The van der Waals surface area contributed by atoms with Crippen LogP contribution in [0.5, 0.6) is 5.75 Å². The third kappa shape index (κ3) is 2.87. The van der Waals surface area contributed by atoms with Gasteiger partial charge in [-0.15, -0.1) is 0 Å². The van der Waals surface area contributed by atoms with Crippen molar-refractivity contribution >= 4 is 11.9 Å². The lowest BCUT2D eigenvalue weighted by molar-refractivity contribution is -0.150. The normalized spacial score (nSPS) is 22.2. The Morgan fingerprint density at radius 3 is 2.58 bits per heavy atom. The highest BCUT2D eigenvalue weighted by Crippen LogP contribution is 2.43. The number of rotatable bonds is 3. The molecule has 130 valence electrons. The minimum Gasteiger partial charge on any atom is -0.491 e. The van der Waals surface area contributed by atoms with E-state index in [9.17, 15) is 9.59 Å². The fourth-order valence-electron chi connectivity index (χ4n) is 3.56. The van der Waals surface area contributed by atoms with E-state index in [1.807, 2.05) is 4.90 Å². The van der Waals surface area contributed by atoms with Crippen molar-refractivity contribution in [1.29, 1.82) is 0 Å². The first-order valence-electron chi connectivity index (χ1n) is 8.62. The van der Waals surface area contributed by atoms with Gasteiger partial charge in [-0.25, -0.2) is 4.79 Å². The van der Waals surface area contributed by atoms with Crippen LogP contribution in [-0.2, 0) is 11.3 Å². The summed E-state index contributed by atoms with van der Waals surface area (Å²) in [6, 6.07) is 4.91. The number of benzene rings is 1. The molecule has 5 nitrogen and oxygen atoms in total. The van der Waals surface area contributed by atoms with E-state index in [-0.39, 0.29) is 28.8 Å². The van der Waals surface area contributed by atoms with E-state index in [0.29, 0.717) is 18.9 Å². The number of aromatic carboxylic acids is 1. The van der Waals surface area contributed by atoms with Crippen LogP contribution in [0.4, 0.5) is 0 Å². The molecular weight excluding hydrogens is 306 g/mol. The molecule has 0 bridgehead atoms. The molecule has 1 atom stereocenters. The van der Waals surface area contributed by atoms with Gasteiger partial charge in [-0.1, -0.05) is 33.3 Å². The van der Waals surface area contributed by atoms with Crippen LogP contribution in [0.3, 0.4) is 0 Å². The Morgan fingerprint density at radius 1 is 1.33 bits per heavy atom. The molecule has 1 fully saturated rings. The van der Waals surface area contributed by atoms with Gasteiger partial charge in [-0.2, -0.15) is 0 Å². The average molecular weight is 331 g/mol. The molecule has 0 aromatic heterocycles. The quantitative estimate of drug-likeness (QED) is 0.922. The lowest BCUT2D eigenvalue weighted by Gasteiger charge is -2.43. The van der Waals surface area contributed by atoms with Gasteiger partial charge in [0.05, 0.1) is 11.6 Å². The maximum Gasteiger partial charge on any atom is 0.335 e. The van der Waals surface area contributed by atoms with Crippen LogP contribution in [0, 0.1) is 11.3 Å². The second-order valence-corrected chi connectivity index (χ2v) is 7.60. The summed E-state index contributed by atoms with van der Waals surface area (Å²) < 4.78 is 5.90. The molecule has 1 aromatic carbocycles.